The highest BCUT2D eigenvalue weighted by Crippen LogP contribution is 2.41. The monoisotopic (exact) mass is 283 g/mol. The van der Waals surface area contributed by atoms with Crippen LogP contribution in [0.25, 0.3) is 0 Å². The van der Waals surface area contributed by atoms with E-state index in [-0.39, 0.29) is 11.3 Å². The van der Waals surface area contributed by atoms with E-state index < -0.39 is 11.7 Å². The van der Waals surface area contributed by atoms with Gasteiger partial charge in [0.25, 0.3) is 0 Å². The van der Waals surface area contributed by atoms with E-state index in [2.05, 4.69) is 4.98 Å². The number of oxazole rings is 1. The maximum absolute atomic E-state index is 12.8. The maximum atomic E-state index is 12.8. The van der Waals surface area contributed by atoms with E-state index in [1.807, 2.05) is 20.8 Å². The molecule has 0 aliphatic carbocycles. The van der Waals surface area contributed by atoms with Crippen molar-refractivity contribution in [2.24, 2.45) is 5.41 Å². The quantitative estimate of drug-likeness (QED) is 0.785. The Balaban J connectivity index is 2.51. The average Bonchev–Trinajstić information content (AvgIpc) is 2.80. The standard InChI is InChI=1S/C15H16F3NO/c1-14(2,3)12(13-19-7-8-20-13)10-5-4-6-11(9-10)15(16,17)18/h4-9,12H,1-3H3. The molecule has 20 heavy (non-hydrogen) atoms. The van der Waals surface area contributed by atoms with Gasteiger partial charge in [-0.05, 0) is 17.0 Å². The van der Waals surface area contributed by atoms with Crippen molar-refractivity contribution in [3.63, 3.8) is 0 Å². The molecular weight excluding hydrogens is 267 g/mol. The number of hydrogen-bond acceptors (Lipinski definition) is 2. The number of aromatic nitrogens is 1. The van der Waals surface area contributed by atoms with Gasteiger partial charge in [-0.25, -0.2) is 4.98 Å². The van der Waals surface area contributed by atoms with Gasteiger partial charge in [0.05, 0.1) is 17.7 Å². The summed E-state index contributed by atoms with van der Waals surface area (Å²) in [5.41, 5.74) is -0.416. The minimum absolute atomic E-state index is 0.310. The van der Waals surface area contributed by atoms with E-state index in [0.29, 0.717) is 11.5 Å². The van der Waals surface area contributed by atoms with Gasteiger partial charge in [-0.15, -0.1) is 0 Å². The SMILES string of the molecule is CC(C)(C)C(c1cccc(C(F)(F)F)c1)c1ncco1. The van der Waals surface area contributed by atoms with Crippen molar-refractivity contribution in [2.45, 2.75) is 32.9 Å². The van der Waals surface area contributed by atoms with E-state index in [9.17, 15) is 13.2 Å². The molecule has 0 amide bonds. The molecule has 1 heterocycles. The van der Waals surface area contributed by atoms with Crippen LogP contribution in [-0.4, -0.2) is 4.98 Å². The number of alkyl halides is 3. The first kappa shape index (κ1) is 14.6. The van der Waals surface area contributed by atoms with Crippen molar-refractivity contribution < 1.29 is 17.6 Å². The second-order valence-corrected chi connectivity index (χ2v) is 5.79. The molecule has 2 aromatic rings. The van der Waals surface area contributed by atoms with Crippen molar-refractivity contribution in [2.75, 3.05) is 0 Å². The molecule has 0 saturated heterocycles. The Morgan fingerprint density at radius 1 is 1.15 bits per heavy atom. The predicted molar refractivity (Wildman–Crippen MR) is 69.2 cm³/mol. The molecule has 2 rings (SSSR count). The van der Waals surface area contributed by atoms with Crippen molar-refractivity contribution in [3.05, 3.63) is 53.7 Å². The van der Waals surface area contributed by atoms with Crippen molar-refractivity contribution in [3.8, 4) is 0 Å². The highest BCUT2D eigenvalue weighted by Gasteiger charge is 2.35. The number of benzene rings is 1. The molecule has 0 radical (unpaired) electrons. The van der Waals surface area contributed by atoms with E-state index in [4.69, 9.17) is 4.42 Å². The van der Waals surface area contributed by atoms with Gasteiger partial charge in [0.1, 0.15) is 6.26 Å². The van der Waals surface area contributed by atoms with Gasteiger partial charge in [-0.1, -0.05) is 39.0 Å². The van der Waals surface area contributed by atoms with E-state index in [0.717, 1.165) is 6.07 Å². The fourth-order valence-electron chi connectivity index (χ4n) is 2.28. The molecule has 0 aliphatic rings. The molecule has 0 fully saturated rings. The number of halogens is 3. The predicted octanol–water partition coefficient (Wildman–Crippen LogP) is 4.87. The van der Waals surface area contributed by atoms with Crippen LogP contribution in [0.5, 0.6) is 0 Å². The first-order valence-electron chi connectivity index (χ1n) is 6.26. The Morgan fingerprint density at radius 3 is 2.35 bits per heavy atom. The summed E-state index contributed by atoms with van der Waals surface area (Å²) in [7, 11) is 0. The summed E-state index contributed by atoms with van der Waals surface area (Å²) in [4.78, 5) is 4.10. The first-order chi connectivity index (χ1) is 9.19. The lowest BCUT2D eigenvalue weighted by Gasteiger charge is -2.29. The molecule has 2 nitrogen and oxygen atoms in total. The van der Waals surface area contributed by atoms with Crippen LogP contribution in [-0.2, 0) is 6.18 Å². The summed E-state index contributed by atoms with van der Waals surface area (Å²) < 4.78 is 43.8. The zero-order valence-corrected chi connectivity index (χ0v) is 11.5. The average molecular weight is 283 g/mol. The third-order valence-corrected chi connectivity index (χ3v) is 3.11. The molecule has 5 heteroatoms. The molecule has 0 aliphatic heterocycles. The van der Waals surface area contributed by atoms with Gasteiger partial charge in [0.15, 0.2) is 0 Å². The molecule has 0 spiro atoms. The topological polar surface area (TPSA) is 26.0 Å². The van der Waals surface area contributed by atoms with E-state index >= 15 is 0 Å². The Labute approximate surface area is 115 Å². The molecule has 1 atom stereocenters. The van der Waals surface area contributed by atoms with Gasteiger partial charge in [0.2, 0.25) is 5.89 Å². The zero-order chi connectivity index (χ0) is 15.0. The second-order valence-electron chi connectivity index (χ2n) is 5.79. The lowest BCUT2D eigenvalue weighted by atomic mass is 9.76. The molecule has 1 aromatic carbocycles. The van der Waals surface area contributed by atoms with Crippen LogP contribution in [0, 0.1) is 5.41 Å². The van der Waals surface area contributed by atoms with Crippen molar-refractivity contribution in [1.29, 1.82) is 0 Å². The highest BCUT2D eigenvalue weighted by molar-refractivity contribution is 5.32. The van der Waals surface area contributed by atoms with Gasteiger partial charge in [0, 0.05) is 0 Å². The third-order valence-electron chi connectivity index (χ3n) is 3.11. The zero-order valence-electron chi connectivity index (χ0n) is 11.5. The molecule has 0 N–H and O–H groups in total. The minimum atomic E-state index is -4.35. The van der Waals surface area contributed by atoms with Gasteiger partial charge in [-0.3, -0.25) is 0 Å². The molecule has 0 bridgehead atoms. The van der Waals surface area contributed by atoms with Gasteiger partial charge < -0.3 is 4.42 Å². The summed E-state index contributed by atoms with van der Waals surface area (Å²) in [6.45, 7) is 5.84. The van der Waals surface area contributed by atoms with Crippen molar-refractivity contribution >= 4 is 0 Å². The molecular formula is C15H16F3NO. The number of rotatable bonds is 2. The van der Waals surface area contributed by atoms with Crippen molar-refractivity contribution in [1.82, 2.24) is 4.98 Å². The lowest BCUT2D eigenvalue weighted by molar-refractivity contribution is -0.137. The second kappa shape index (κ2) is 4.96. The van der Waals surface area contributed by atoms with Gasteiger partial charge in [-0.2, -0.15) is 13.2 Å². The maximum Gasteiger partial charge on any atom is 0.416 e. The highest BCUT2D eigenvalue weighted by atomic mass is 19.4. The Morgan fingerprint density at radius 2 is 1.85 bits per heavy atom. The first-order valence-corrected chi connectivity index (χ1v) is 6.26. The van der Waals surface area contributed by atoms with Crippen LogP contribution < -0.4 is 0 Å². The minimum Gasteiger partial charge on any atom is -0.448 e. The third kappa shape index (κ3) is 3.03. The molecule has 0 saturated carbocycles. The Hall–Kier alpha value is -1.78. The molecule has 108 valence electrons. The summed E-state index contributed by atoms with van der Waals surface area (Å²) in [5.74, 6) is 0.0941. The fourth-order valence-corrected chi connectivity index (χ4v) is 2.28. The van der Waals surface area contributed by atoms with E-state index in [1.165, 1.54) is 24.6 Å². The summed E-state index contributed by atoms with van der Waals surface area (Å²) in [6.07, 6.45) is -1.42. The number of nitrogens with zero attached hydrogens (tertiary/aromatic N) is 1. The summed E-state index contributed by atoms with van der Waals surface area (Å²) >= 11 is 0. The lowest BCUT2D eigenvalue weighted by Crippen LogP contribution is -2.20. The van der Waals surface area contributed by atoms with Crippen LogP contribution in [0.1, 0.15) is 43.7 Å². The fraction of sp³-hybridized carbons (Fsp3) is 0.400. The normalized spacial score (nSPS) is 14.3. The van der Waals surface area contributed by atoms with E-state index in [1.54, 1.807) is 6.07 Å². The Bertz CT molecular complexity index is 568. The summed E-state index contributed by atoms with van der Waals surface area (Å²) in [5, 5.41) is 0. The van der Waals surface area contributed by atoms with Crippen LogP contribution in [0.2, 0.25) is 0 Å². The Kier molecular flexibility index (Phi) is 3.63. The number of hydrogen-bond donors (Lipinski definition) is 0. The van der Waals surface area contributed by atoms with Crippen LogP contribution >= 0.6 is 0 Å². The molecule has 1 aromatic heterocycles. The largest absolute Gasteiger partial charge is 0.448 e. The van der Waals surface area contributed by atoms with Gasteiger partial charge >= 0.3 is 6.18 Å². The summed E-state index contributed by atoms with van der Waals surface area (Å²) in [6, 6.07) is 5.33. The molecule has 1 unspecified atom stereocenters. The van der Waals surface area contributed by atoms with Crippen LogP contribution in [0.3, 0.4) is 0 Å². The van der Waals surface area contributed by atoms with Crippen LogP contribution in [0.15, 0.2) is 41.1 Å². The van der Waals surface area contributed by atoms with Crippen LogP contribution in [0.4, 0.5) is 13.2 Å². The smallest absolute Gasteiger partial charge is 0.416 e.